The molecule has 0 unspecified atom stereocenters. The van der Waals surface area contributed by atoms with Crippen molar-refractivity contribution >= 4 is 28.5 Å². The number of benzene rings is 2. The van der Waals surface area contributed by atoms with E-state index >= 15 is 0 Å². The van der Waals surface area contributed by atoms with E-state index < -0.39 is 0 Å². The van der Waals surface area contributed by atoms with Crippen LogP contribution in [0.15, 0.2) is 58.0 Å². The molecule has 112 valence electrons. The Morgan fingerprint density at radius 2 is 2.00 bits per heavy atom. The number of carbonyl (C=O) groups is 1. The van der Waals surface area contributed by atoms with Gasteiger partial charge < -0.3 is 9.15 Å². The summed E-state index contributed by atoms with van der Waals surface area (Å²) in [7, 11) is 1.58. The molecule has 0 aliphatic rings. The molecule has 0 bridgehead atoms. The molecule has 0 spiro atoms. The summed E-state index contributed by atoms with van der Waals surface area (Å²) in [4.78, 5) is 13.0. The van der Waals surface area contributed by atoms with Crippen molar-refractivity contribution < 1.29 is 13.9 Å². The molecule has 0 saturated carbocycles. The van der Waals surface area contributed by atoms with Crippen molar-refractivity contribution in [3.8, 4) is 5.75 Å². The average molecular weight is 312 g/mol. The molecule has 0 aliphatic carbocycles. The van der Waals surface area contributed by atoms with Crippen LogP contribution in [0.3, 0.4) is 0 Å². The van der Waals surface area contributed by atoms with Gasteiger partial charge in [0.05, 0.1) is 24.3 Å². The van der Waals surface area contributed by atoms with Gasteiger partial charge in [-0.05, 0) is 24.6 Å². The van der Waals surface area contributed by atoms with Gasteiger partial charge in [0.25, 0.3) is 0 Å². The lowest BCUT2D eigenvalue weighted by Gasteiger charge is -2.12. The van der Waals surface area contributed by atoms with Crippen LogP contribution in [0.4, 0.5) is 0 Å². The minimum Gasteiger partial charge on any atom is -0.495 e. The van der Waals surface area contributed by atoms with Gasteiger partial charge in [-0.3, -0.25) is 4.79 Å². The Labute approximate surface area is 133 Å². The molecule has 4 heteroatoms. The first-order valence-electron chi connectivity index (χ1n) is 6.96. The summed E-state index contributed by atoms with van der Waals surface area (Å²) in [6.45, 7) is 1.57. The molecule has 0 N–H and O–H groups in total. The molecular weight excluding hydrogens is 296 g/mol. The van der Waals surface area contributed by atoms with Gasteiger partial charge in [0.1, 0.15) is 11.3 Å². The second-order valence-electron chi connectivity index (χ2n) is 4.95. The van der Waals surface area contributed by atoms with E-state index in [1.54, 1.807) is 32.1 Å². The molecule has 0 atom stereocenters. The number of carbonyl (C=O) groups excluding carboxylic acids is 1. The molecule has 0 saturated heterocycles. The van der Waals surface area contributed by atoms with Crippen molar-refractivity contribution in [2.45, 2.75) is 17.6 Å². The summed E-state index contributed by atoms with van der Waals surface area (Å²) in [6, 6.07) is 13.9. The summed E-state index contributed by atoms with van der Waals surface area (Å²) in [5.41, 5.74) is 2.57. The van der Waals surface area contributed by atoms with Gasteiger partial charge in [-0.1, -0.05) is 30.3 Å². The fourth-order valence-electron chi connectivity index (χ4n) is 2.45. The first-order valence-corrected chi connectivity index (χ1v) is 7.95. The molecule has 0 amide bonds. The van der Waals surface area contributed by atoms with E-state index in [4.69, 9.17) is 9.15 Å². The molecule has 3 nitrogen and oxygen atoms in total. The number of furan rings is 1. The molecular formula is C18H16O3S. The summed E-state index contributed by atoms with van der Waals surface area (Å²) in [5.74, 6) is 1.38. The largest absolute Gasteiger partial charge is 0.495 e. The van der Waals surface area contributed by atoms with Crippen molar-refractivity contribution in [2.24, 2.45) is 0 Å². The van der Waals surface area contributed by atoms with Gasteiger partial charge in [-0.2, -0.15) is 0 Å². The fourth-order valence-corrected chi connectivity index (χ4v) is 3.54. The van der Waals surface area contributed by atoms with Crippen LogP contribution in [0.2, 0.25) is 0 Å². The lowest BCUT2D eigenvalue weighted by atomic mass is 10.1. The number of hydrogen-bond acceptors (Lipinski definition) is 4. The Hall–Kier alpha value is -2.20. The Kier molecular flexibility index (Phi) is 4.20. The molecule has 0 aliphatic heterocycles. The summed E-state index contributed by atoms with van der Waals surface area (Å²) >= 11 is 1.62. The van der Waals surface area contributed by atoms with Crippen molar-refractivity contribution in [2.75, 3.05) is 7.11 Å². The number of hydrogen-bond donors (Lipinski definition) is 0. The van der Waals surface area contributed by atoms with E-state index in [0.29, 0.717) is 11.3 Å². The Bertz CT molecular complexity index is 806. The standard InChI is InChI=1S/C18H16O3S/c1-12(19)17-16(22-11-13-6-4-3-5-7-13)10-15-14(8-9-21-15)18(17)20-2/h3-10H,11H2,1-2H3. The lowest BCUT2D eigenvalue weighted by Crippen LogP contribution is -2.01. The Morgan fingerprint density at radius 1 is 1.23 bits per heavy atom. The quantitative estimate of drug-likeness (QED) is 0.494. The maximum atomic E-state index is 12.1. The lowest BCUT2D eigenvalue weighted by molar-refractivity contribution is 0.101. The van der Waals surface area contributed by atoms with Crippen LogP contribution in [-0.4, -0.2) is 12.9 Å². The third kappa shape index (κ3) is 2.74. The van der Waals surface area contributed by atoms with Gasteiger partial charge in [0.2, 0.25) is 0 Å². The zero-order valence-electron chi connectivity index (χ0n) is 12.5. The number of rotatable bonds is 5. The minimum atomic E-state index is -0.00416. The zero-order chi connectivity index (χ0) is 15.5. The monoisotopic (exact) mass is 312 g/mol. The molecule has 3 aromatic rings. The average Bonchev–Trinajstić information content (AvgIpc) is 3.00. The van der Waals surface area contributed by atoms with E-state index in [1.165, 1.54) is 5.56 Å². The van der Waals surface area contributed by atoms with E-state index in [0.717, 1.165) is 21.6 Å². The summed E-state index contributed by atoms with van der Waals surface area (Å²) < 4.78 is 11.0. The van der Waals surface area contributed by atoms with Gasteiger partial charge in [0.15, 0.2) is 5.78 Å². The predicted molar refractivity (Wildman–Crippen MR) is 88.8 cm³/mol. The minimum absolute atomic E-state index is 0.00416. The highest BCUT2D eigenvalue weighted by atomic mass is 32.2. The topological polar surface area (TPSA) is 39.4 Å². The maximum absolute atomic E-state index is 12.1. The number of thioether (sulfide) groups is 1. The Balaban J connectivity index is 2.03. The van der Waals surface area contributed by atoms with Crippen LogP contribution in [0.5, 0.6) is 5.75 Å². The molecule has 1 heterocycles. The first kappa shape index (κ1) is 14.7. The number of ketones is 1. The summed E-state index contributed by atoms with van der Waals surface area (Å²) in [6.07, 6.45) is 1.61. The number of ether oxygens (including phenoxy) is 1. The third-order valence-corrected chi connectivity index (χ3v) is 4.58. The number of fused-ring (bicyclic) bond motifs is 1. The van der Waals surface area contributed by atoms with Crippen molar-refractivity contribution in [3.63, 3.8) is 0 Å². The summed E-state index contributed by atoms with van der Waals surface area (Å²) in [5, 5.41) is 0.830. The smallest absolute Gasteiger partial charge is 0.164 e. The van der Waals surface area contributed by atoms with Crippen molar-refractivity contribution in [1.82, 2.24) is 0 Å². The van der Waals surface area contributed by atoms with E-state index in [-0.39, 0.29) is 5.78 Å². The Morgan fingerprint density at radius 3 is 2.68 bits per heavy atom. The molecule has 22 heavy (non-hydrogen) atoms. The number of Topliss-reactive ketones (excluding diaryl/α,β-unsaturated/α-hetero) is 1. The van der Waals surface area contributed by atoms with Gasteiger partial charge in [0, 0.05) is 10.6 Å². The normalized spacial score (nSPS) is 10.8. The van der Waals surface area contributed by atoms with Crippen LogP contribution >= 0.6 is 11.8 Å². The van der Waals surface area contributed by atoms with Crippen LogP contribution in [0, 0.1) is 0 Å². The van der Waals surface area contributed by atoms with Gasteiger partial charge >= 0.3 is 0 Å². The van der Waals surface area contributed by atoms with Gasteiger partial charge in [-0.15, -0.1) is 11.8 Å². The third-order valence-electron chi connectivity index (χ3n) is 3.47. The second-order valence-corrected chi connectivity index (χ2v) is 5.96. The molecule has 2 aromatic carbocycles. The van der Waals surface area contributed by atoms with E-state index in [1.807, 2.05) is 30.3 Å². The van der Waals surface area contributed by atoms with Crippen LogP contribution in [0.1, 0.15) is 22.8 Å². The van der Waals surface area contributed by atoms with Gasteiger partial charge in [-0.25, -0.2) is 0 Å². The number of methoxy groups -OCH3 is 1. The highest BCUT2D eigenvalue weighted by Crippen LogP contribution is 2.39. The highest BCUT2D eigenvalue weighted by molar-refractivity contribution is 7.98. The first-order chi connectivity index (χ1) is 10.7. The molecule has 3 rings (SSSR count). The van der Waals surface area contributed by atoms with Crippen molar-refractivity contribution in [1.29, 1.82) is 0 Å². The van der Waals surface area contributed by atoms with Crippen LogP contribution in [0.25, 0.3) is 11.0 Å². The SMILES string of the molecule is COc1c(C(C)=O)c(SCc2ccccc2)cc2occc12. The molecule has 1 aromatic heterocycles. The second kappa shape index (κ2) is 6.28. The zero-order valence-corrected chi connectivity index (χ0v) is 13.3. The predicted octanol–water partition coefficient (Wildman–Crippen LogP) is 4.94. The van der Waals surface area contributed by atoms with Crippen LogP contribution in [-0.2, 0) is 5.75 Å². The van der Waals surface area contributed by atoms with Crippen LogP contribution < -0.4 is 4.74 Å². The maximum Gasteiger partial charge on any atom is 0.164 e. The highest BCUT2D eigenvalue weighted by Gasteiger charge is 2.19. The molecule has 0 fully saturated rings. The van der Waals surface area contributed by atoms with E-state index in [2.05, 4.69) is 12.1 Å². The fraction of sp³-hybridized carbons (Fsp3) is 0.167. The van der Waals surface area contributed by atoms with Crippen molar-refractivity contribution in [3.05, 3.63) is 59.9 Å². The molecule has 0 radical (unpaired) electrons. The van der Waals surface area contributed by atoms with E-state index in [9.17, 15) is 4.79 Å².